The van der Waals surface area contributed by atoms with Crippen molar-refractivity contribution in [1.29, 1.82) is 0 Å². The largest absolute Gasteiger partial charge is 0.375 e. The van der Waals surface area contributed by atoms with Crippen molar-refractivity contribution < 1.29 is 4.74 Å². The highest BCUT2D eigenvalue weighted by atomic mass is 16.5. The Hall–Kier alpha value is -0.970. The monoisotopic (exact) mass is 233 g/mol. The first kappa shape index (κ1) is 11.1. The van der Waals surface area contributed by atoms with Crippen LogP contribution in [0.25, 0.3) is 0 Å². The van der Waals surface area contributed by atoms with Crippen LogP contribution in [-0.4, -0.2) is 23.2 Å². The van der Waals surface area contributed by atoms with Crippen molar-refractivity contribution in [2.45, 2.75) is 43.9 Å². The molecule has 2 aliphatic heterocycles. The van der Waals surface area contributed by atoms with Crippen LogP contribution < -0.4 is 11.3 Å². The van der Waals surface area contributed by atoms with Gasteiger partial charge >= 0.3 is 0 Å². The summed E-state index contributed by atoms with van der Waals surface area (Å²) in [6.45, 7) is 0. The molecule has 0 aromatic carbocycles. The molecule has 2 saturated heterocycles. The molecule has 4 nitrogen and oxygen atoms in total. The average molecular weight is 233 g/mol. The SMILES string of the molecule is NNC(Cc1ccncc1)C1CC2CCC1O2. The van der Waals surface area contributed by atoms with Gasteiger partial charge in [0.25, 0.3) is 0 Å². The summed E-state index contributed by atoms with van der Waals surface area (Å²) in [5.41, 5.74) is 4.26. The Balaban J connectivity index is 1.68. The van der Waals surface area contributed by atoms with Gasteiger partial charge in [-0.15, -0.1) is 0 Å². The van der Waals surface area contributed by atoms with Gasteiger partial charge in [0.1, 0.15) is 0 Å². The molecule has 0 aliphatic carbocycles. The Morgan fingerprint density at radius 2 is 2.24 bits per heavy atom. The number of hydrogen-bond acceptors (Lipinski definition) is 4. The van der Waals surface area contributed by atoms with Crippen LogP contribution >= 0.6 is 0 Å². The maximum absolute atomic E-state index is 5.90. The minimum atomic E-state index is 0.313. The second kappa shape index (κ2) is 4.72. The van der Waals surface area contributed by atoms with Crippen LogP contribution in [0, 0.1) is 5.92 Å². The van der Waals surface area contributed by atoms with Crippen LogP contribution in [-0.2, 0) is 11.2 Å². The fraction of sp³-hybridized carbons (Fsp3) is 0.615. The van der Waals surface area contributed by atoms with Crippen molar-refractivity contribution in [2.75, 3.05) is 0 Å². The van der Waals surface area contributed by atoms with Crippen molar-refractivity contribution in [3.8, 4) is 0 Å². The van der Waals surface area contributed by atoms with E-state index in [4.69, 9.17) is 10.6 Å². The van der Waals surface area contributed by atoms with E-state index in [0.717, 1.165) is 12.8 Å². The number of fused-ring (bicyclic) bond motifs is 2. The highest BCUT2D eigenvalue weighted by molar-refractivity contribution is 5.12. The van der Waals surface area contributed by atoms with E-state index in [1.54, 1.807) is 0 Å². The summed E-state index contributed by atoms with van der Waals surface area (Å²) in [4.78, 5) is 4.04. The second-order valence-corrected chi connectivity index (χ2v) is 5.11. The van der Waals surface area contributed by atoms with Crippen molar-refractivity contribution in [3.63, 3.8) is 0 Å². The minimum absolute atomic E-state index is 0.313. The molecule has 4 heteroatoms. The number of nitrogens with zero attached hydrogens (tertiary/aromatic N) is 1. The van der Waals surface area contributed by atoms with E-state index in [1.807, 2.05) is 12.4 Å². The molecule has 0 amide bonds. The fourth-order valence-electron chi connectivity index (χ4n) is 3.21. The zero-order valence-corrected chi connectivity index (χ0v) is 9.88. The minimum Gasteiger partial charge on any atom is -0.375 e. The van der Waals surface area contributed by atoms with E-state index in [0.29, 0.717) is 24.2 Å². The zero-order valence-electron chi connectivity index (χ0n) is 9.88. The van der Waals surface area contributed by atoms with Crippen LogP contribution in [0.15, 0.2) is 24.5 Å². The Morgan fingerprint density at radius 3 is 2.82 bits per heavy atom. The standard InChI is InChI=1S/C13H19N3O/c14-16-12(7-9-3-5-15-6-4-9)11-8-10-1-2-13(11)17-10/h3-6,10-13,16H,1-2,7-8,14H2. The summed E-state index contributed by atoms with van der Waals surface area (Å²) in [6, 6.07) is 4.42. The highest BCUT2D eigenvalue weighted by Gasteiger charge is 2.43. The molecule has 4 atom stereocenters. The Morgan fingerprint density at radius 1 is 1.41 bits per heavy atom. The van der Waals surface area contributed by atoms with Crippen LogP contribution in [0.1, 0.15) is 24.8 Å². The van der Waals surface area contributed by atoms with Gasteiger partial charge in [0.15, 0.2) is 0 Å². The number of pyridine rings is 1. The topological polar surface area (TPSA) is 60.2 Å². The Bertz CT molecular complexity index is 370. The van der Waals surface area contributed by atoms with E-state index >= 15 is 0 Å². The first-order chi connectivity index (χ1) is 8.36. The molecule has 1 aromatic rings. The molecule has 0 spiro atoms. The lowest BCUT2D eigenvalue weighted by atomic mass is 9.82. The van der Waals surface area contributed by atoms with Crippen molar-refractivity contribution >= 4 is 0 Å². The molecule has 3 heterocycles. The van der Waals surface area contributed by atoms with Crippen LogP contribution in [0.2, 0.25) is 0 Å². The number of ether oxygens (including phenoxy) is 1. The van der Waals surface area contributed by atoms with Gasteiger partial charge in [0.05, 0.1) is 12.2 Å². The van der Waals surface area contributed by atoms with Crippen LogP contribution in [0.5, 0.6) is 0 Å². The number of nitrogens with one attached hydrogen (secondary N) is 1. The second-order valence-electron chi connectivity index (χ2n) is 5.11. The molecular weight excluding hydrogens is 214 g/mol. The molecule has 92 valence electrons. The van der Waals surface area contributed by atoms with E-state index in [2.05, 4.69) is 22.5 Å². The van der Waals surface area contributed by atoms with Crippen molar-refractivity contribution in [3.05, 3.63) is 30.1 Å². The van der Waals surface area contributed by atoms with Gasteiger partial charge in [0, 0.05) is 24.4 Å². The molecule has 2 aliphatic rings. The molecule has 0 radical (unpaired) electrons. The van der Waals surface area contributed by atoms with Gasteiger partial charge in [-0.25, -0.2) is 0 Å². The van der Waals surface area contributed by atoms with Gasteiger partial charge in [-0.05, 0) is 43.4 Å². The summed E-state index contributed by atoms with van der Waals surface area (Å²) in [5.74, 6) is 6.27. The van der Waals surface area contributed by atoms with E-state index in [-0.39, 0.29) is 0 Å². The Kier molecular flexibility index (Phi) is 3.09. The summed E-state index contributed by atoms with van der Waals surface area (Å²) >= 11 is 0. The van der Waals surface area contributed by atoms with Gasteiger partial charge in [-0.2, -0.15) is 0 Å². The third kappa shape index (κ3) is 2.20. The summed E-state index contributed by atoms with van der Waals surface area (Å²) < 4.78 is 5.90. The van der Waals surface area contributed by atoms with Gasteiger partial charge in [-0.3, -0.25) is 16.3 Å². The maximum Gasteiger partial charge on any atom is 0.0624 e. The van der Waals surface area contributed by atoms with Crippen molar-refractivity contribution in [1.82, 2.24) is 10.4 Å². The molecular formula is C13H19N3O. The lowest BCUT2D eigenvalue weighted by Crippen LogP contribution is -2.45. The summed E-state index contributed by atoms with van der Waals surface area (Å²) in [6.07, 6.45) is 9.11. The summed E-state index contributed by atoms with van der Waals surface area (Å²) in [5, 5.41) is 0. The molecule has 0 saturated carbocycles. The predicted octanol–water partition coefficient (Wildman–Crippen LogP) is 1.02. The first-order valence-corrected chi connectivity index (χ1v) is 6.37. The smallest absolute Gasteiger partial charge is 0.0624 e. The van der Waals surface area contributed by atoms with Crippen LogP contribution in [0.4, 0.5) is 0 Å². The number of hydrogen-bond donors (Lipinski definition) is 2. The van der Waals surface area contributed by atoms with Gasteiger partial charge in [0.2, 0.25) is 0 Å². The quantitative estimate of drug-likeness (QED) is 0.602. The molecule has 17 heavy (non-hydrogen) atoms. The number of rotatable bonds is 4. The molecule has 2 bridgehead atoms. The van der Waals surface area contributed by atoms with E-state index in [1.165, 1.54) is 18.4 Å². The van der Waals surface area contributed by atoms with Gasteiger partial charge in [-0.1, -0.05) is 0 Å². The normalized spacial score (nSPS) is 32.9. The van der Waals surface area contributed by atoms with Crippen molar-refractivity contribution in [2.24, 2.45) is 11.8 Å². The molecule has 4 unspecified atom stereocenters. The number of nitrogens with two attached hydrogens (primary N) is 1. The lowest BCUT2D eigenvalue weighted by molar-refractivity contribution is 0.0857. The zero-order chi connectivity index (χ0) is 11.7. The fourth-order valence-corrected chi connectivity index (χ4v) is 3.21. The summed E-state index contributed by atoms with van der Waals surface area (Å²) in [7, 11) is 0. The number of hydrazine groups is 1. The lowest BCUT2D eigenvalue weighted by Gasteiger charge is -2.27. The third-order valence-electron chi connectivity index (χ3n) is 4.09. The van der Waals surface area contributed by atoms with E-state index < -0.39 is 0 Å². The third-order valence-corrected chi connectivity index (χ3v) is 4.09. The molecule has 1 aromatic heterocycles. The predicted molar refractivity (Wildman–Crippen MR) is 65.1 cm³/mol. The molecule has 3 rings (SSSR count). The maximum atomic E-state index is 5.90. The number of aromatic nitrogens is 1. The molecule has 2 fully saturated rings. The van der Waals surface area contributed by atoms with Crippen LogP contribution in [0.3, 0.4) is 0 Å². The van der Waals surface area contributed by atoms with E-state index in [9.17, 15) is 0 Å². The average Bonchev–Trinajstić information content (AvgIpc) is 2.99. The Labute approximate surface area is 102 Å². The van der Waals surface area contributed by atoms with Gasteiger partial charge < -0.3 is 4.74 Å². The molecule has 3 N–H and O–H groups in total. The highest BCUT2D eigenvalue weighted by Crippen LogP contribution is 2.40. The first-order valence-electron chi connectivity index (χ1n) is 6.37.